The lowest BCUT2D eigenvalue weighted by Gasteiger charge is -2.36. The maximum absolute atomic E-state index is 12.4. The minimum absolute atomic E-state index is 0.0516. The molecule has 2 unspecified atom stereocenters. The summed E-state index contributed by atoms with van der Waals surface area (Å²) in [5, 5.41) is 3.12. The Kier molecular flexibility index (Phi) is 4.92. The van der Waals surface area contributed by atoms with Gasteiger partial charge in [0.25, 0.3) is 0 Å². The third-order valence-corrected chi connectivity index (χ3v) is 4.39. The second kappa shape index (κ2) is 6.50. The third kappa shape index (κ3) is 4.23. The predicted molar refractivity (Wildman–Crippen MR) is 87.4 cm³/mol. The van der Waals surface area contributed by atoms with E-state index in [4.69, 9.17) is 0 Å². The summed E-state index contributed by atoms with van der Waals surface area (Å²) in [7, 11) is 0. The average Bonchev–Trinajstić information content (AvgIpc) is 2.45. The van der Waals surface area contributed by atoms with Crippen molar-refractivity contribution in [2.75, 3.05) is 19.6 Å². The first-order chi connectivity index (χ1) is 9.88. The second-order valence-corrected chi connectivity index (χ2v) is 7.26. The molecule has 1 aliphatic rings. The van der Waals surface area contributed by atoms with E-state index in [1.54, 1.807) is 0 Å². The summed E-state index contributed by atoms with van der Waals surface area (Å²) in [6.45, 7) is 11.2. The van der Waals surface area contributed by atoms with Crippen LogP contribution >= 0.6 is 0 Å². The Balaban J connectivity index is 1.91. The molecule has 0 aliphatic carbocycles. The highest BCUT2D eigenvalue weighted by atomic mass is 16.2. The first-order valence-electron chi connectivity index (χ1n) is 7.97. The first kappa shape index (κ1) is 15.9. The van der Waals surface area contributed by atoms with Gasteiger partial charge in [-0.2, -0.15) is 0 Å². The van der Waals surface area contributed by atoms with Crippen LogP contribution in [0.2, 0.25) is 0 Å². The molecule has 0 aromatic heterocycles. The highest BCUT2D eigenvalue weighted by Gasteiger charge is 2.27. The summed E-state index contributed by atoms with van der Waals surface area (Å²) in [6.07, 6.45) is 1.22. The molecule has 0 bridgehead atoms. The lowest BCUT2D eigenvalue weighted by atomic mass is 9.84. The molecule has 1 N–H and O–H groups in total. The average molecular weight is 288 g/mol. The van der Waals surface area contributed by atoms with Crippen molar-refractivity contribution in [3.8, 4) is 0 Å². The lowest BCUT2D eigenvalue weighted by molar-refractivity contribution is 0.145. The van der Waals surface area contributed by atoms with Gasteiger partial charge in [-0.05, 0) is 23.8 Å². The minimum Gasteiger partial charge on any atom is -0.337 e. The van der Waals surface area contributed by atoms with Crippen molar-refractivity contribution in [2.24, 2.45) is 11.8 Å². The molecule has 2 rings (SSSR count). The molecule has 21 heavy (non-hydrogen) atoms. The lowest BCUT2D eigenvalue weighted by Crippen LogP contribution is -2.49. The van der Waals surface area contributed by atoms with Gasteiger partial charge in [-0.3, -0.25) is 0 Å². The van der Waals surface area contributed by atoms with Gasteiger partial charge in [0, 0.05) is 25.0 Å². The van der Waals surface area contributed by atoms with Gasteiger partial charge in [0.2, 0.25) is 0 Å². The molecule has 1 fully saturated rings. The molecular formula is C18H28N2O. The van der Waals surface area contributed by atoms with Crippen LogP contribution in [-0.4, -0.2) is 30.6 Å². The zero-order valence-electron chi connectivity index (χ0n) is 13.7. The Bertz CT molecular complexity index is 459. The molecule has 116 valence electrons. The van der Waals surface area contributed by atoms with Gasteiger partial charge < -0.3 is 10.2 Å². The smallest absolute Gasteiger partial charge is 0.317 e. The molecular weight excluding hydrogens is 260 g/mol. The van der Waals surface area contributed by atoms with Crippen LogP contribution in [-0.2, 0) is 5.41 Å². The van der Waals surface area contributed by atoms with E-state index in [0.717, 1.165) is 13.1 Å². The zero-order valence-corrected chi connectivity index (χ0v) is 13.7. The van der Waals surface area contributed by atoms with Gasteiger partial charge in [0.05, 0.1) is 0 Å². The van der Waals surface area contributed by atoms with Crippen molar-refractivity contribution in [3.63, 3.8) is 0 Å². The number of benzene rings is 1. The first-order valence-corrected chi connectivity index (χ1v) is 7.97. The van der Waals surface area contributed by atoms with Crippen molar-refractivity contribution in [2.45, 2.75) is 39.5 Å². The molecule has 0 saturated carbocycles. The maximum Gasteiger partial charge on any atom is 0.317 e. The van der Waals surface area contributed by atoms with Crippen LogP contribution in [0.4, 0.5) is 4.79 Å². The summed E-state index contributed by atoms with van der Waals surface area (Å²) in [4.78, 5) is 14.4. The van der Waals surface area contributed by atoms with Gasteiger partial charge in [-0.1, -0.05) is 58.0 Å². The summed E-state index contributed by atoms with van der Waals surface area (Å²) in [5.74, 6) is 1.20. The number of piperidine rings is 1. The minimum atomic E-state index is -0.0516. The molecule has 0 radical (unpaired) electrons. The Labute approximate surface area is 128 Å². The molecule has 3 nitrogen and oxygen atoms in total. The van der Waals surface area contributed by atoms with Gasteiger partial charge in [-0.25, -0.2) is 4.79 Å². The Hall–Kier alpha value is -1.51. The largest absolute Gasteiger partial charge is 0.337 e. The number of nitrogens with one attached hydrogen (secondary N) is 1. The summed E-state index contributed by atoms with van der Waals surface area (Å²) < 4.78 is 0. The second-order valence-electron chi connectivity index (χ2n) is 7.26. The molecule has 2 amide bonds. The number of likely N-dealkylation sites (tertiary alicyclic amines) is 1. The Morgan fingerprint density at radius 1 is 1.19 bits per heavy atom. The van der Waals surface area contributed by atoms with E-state index in [1.807, 2.05) is 23.1 Å². The predicted octanol–water partition coefficient (Wildman–Crippen LogP) is 3.65. The third-order valence-electron chi connectivity index (χ3n) is 4.39. The van der Waals surface area contributed by atoms with Crippen LogP contribution in [0.1, 0.15) is 39.7 Å². The van der Waals surface area contributed by atoms with Crippen LogP contribution in [0.5, 0.6) is 0 Å². The fourth-order valence-electron chi connectivity index (χ4n) is 3.23. The standard InChI is InChI=1S/C18H28N2O/c1-14-10-15(2)12-20(11-14)17(21)19-13-18(3,4)16-8-6-5-7-9-16/h5-9,14-15H,10-13H2,1-4H3,(H,19,21). The van der Waals surface area contributed by atoms with E-state index in [0.29, 0.717) is 18.4 Å². The van der Waals surface area contributed by atoms with Crippen molar-refractivity contribution in [1.82, 2.24) is 10.2 Å². The molecule has 1 aromatic carbocycles. The number of rotatable bonds is 3. The van der Waals surface area contributed by atoms with E-state index < -0.39 is 0 Å². The highest BCUT2D eigenvalue weighted by Crippen LogP contribution is 2.23. The van der Waals surface area contributed by atoms with Crippen LogP contribution < -0.4 is 5.32 Å². The van der Waals surface area contributed by atoms with Crippen molar-refractivity contribution < 1.29 is 4.79 Å². The van der Waals surface area contributed by atoms with Gasteiger partial charge in [0.1, 0.15) is 0 Å². The van der Waals surface area contributed by atoms with Crippen LogP contribution in [0.15, 0.2) is 30.3 Å². The quantitative estimate of drug-likeness (QED) is 0.904. The SMILES string of the molecule is CC1CC(C)CN(C(=O)NCC(C)(C)c2ccccc2)C1. The number of nitrogens with zero attached hydrogens (tertiary/aromatic N) is 1. The molecule has 1 heterocycles. The Morgan fingerprint density at radius 2 is 1.76 bits per heavy atom. The van der Waals surface area contributed by atoms with Crippen LogP contribution in [0.25, 0.3) is 0 Å². The zero-order chi connectivity index (χ0) is 15.5. The van der Waals surface area contributed by atoms with E-state index in [1.165, 1.54) is 12.0 Å². The molecule has 2 atom stereocenters. The molecule has 1 aliphatic heterocycles. The Morgan fingerprint density at radius 3 is 2.33 bits per heavy atom. The fraction of sp³-hybridized carbons (Fsp3) is 0.611. The van der Waals surface area contributed by atoms with E-state index in [2.05, 4.69) is 45.1 Å². The number of hydrogen-bond acceptors (Lipinski definition) is 1. The number of urea groups is 1. The van der Waals surface area contributed by atoms with Gasteiger partial charge >= 0.3 is 6.03 Å². The number of carbonyl (C=O) groups is 1. The number of hydrogen-bond donors (Lipinski definition) is 1. The maximum atomic E-state index is 12.4. The van der Waals surface area contributed by atoms with Crippen LogP contribution in [0, 0.1) is 11.8 Å². The van der Waals surface area contributed by atoms with Crippen molar-refractivity contribution in [1.29, 1.82) is 0 Å². The van der Waals surface area contributed by atoms with E-state index in [9.17, 15) is 4.79 Å². The molecule has 1 aromatic rings. The monoisotopic (exact) mass is 288 g/mol. The molecule has 0 spiro atoms. The van der Waals surface area contributed by atoms with Gasteiger partial charge in [0.15, 0.2) is 0 Å². The highest BCUT2D eigenvalue weighted by molar-refractivity contribution is 5.74. The fourth-order valence-corrected chi connectivity index (χ4v) is 3.23. The van der Waals surface area contributed by atoms with Gasteiger partial charge in [-0.15, -0.1) is 0 Å². The van der Waals surface area contributed by atoms with Crippen LogP contribution in [0.3, 0.4) is 0 Å². The van der Waals surface area contributed by atoms with E-state index >= 15 is 0 Å². The van der Waals surface area contributed by atoms with Crippen molar-refractivity contribution in [3.05, 3.63) is 35.9 Å². The number of amides is 2. The molecule has 3 heteroatoms. The normalized spacial score (nSPS) is 23.0. The van der Waals surface area contributed by atoms with Crippen molar-refractivity contribution >= 4 is 6.03 Å². The van der Waals surface area contributed by atoms with E-state index in [-0.39, 0.29) is 11.4 Å². The molecule has 1 saturated heterocycles. The summed E-state index contributed by atoms with van der Waals surface area (Å²) in [5.41, 5.74) is 1.20. The summed E-state index contributed by atoms with van der Waals surface area (Å²) in [6, 6.07) is 10.4. The number of carbonyl (C=O) groups excluding carboxylic acids is 1. The summed E-state index contributed by atoms with van der Waals surface area (Å²) >= 11 is 0. The topological polar surface area (TPSA) is 32.3 Å².